The molecule has 1 aromatic heterocycles. The van der Waals surface area contributed by atoms with Crippen LogP contribution >= 0.6 is 11.3 Å². The number of nitrogens with one attached hydrogen (secondary N) is 2. The molecule has 0 fully saturated rings. The van der Waals surface area contributed by atoms with Gasteiger partial charge in [0.1, 0.15) is 11.6 Å². The molecule has 0 aliphatic carbocycles. The van der Waals surface area contributed by atoms with Gasteiger partial charge in [-0.2, -0.15) is 11.3 Å². The molecule has 7 heteroatoms. The lowest BCUT2D eigenvalue weighted by Gasteiger charge is -2.12. The molecule has 3 N–H and O–H groups in total. The van der Waals surface area contributed by atoms with Gasteiger partial charge in [-0.3, -0.25) is 0 Å². The fourth-order valence-corrected chi connectivity index (χ4v) is 2.61. The van der Waals surface area contributed by atoms with Crippen molar-refractivity contribution in [1.82, 2.24) is 10.6 Å². The summed E-state index contributed by atoms with van der Waals surface area (Å²) in [7, 11) is 0. The number of halogens is 2. The van der Waals surface area contributed by atoms with Crippen LogP contribution in [0, 0.1) is 11.6 Å². The maximum Gasteiger partial charge on any atom is 0.314 e. The van der Waals surface area contributed by atoms with E-state index in [0.29, 0.717) is 0 Å². The Bertz CT molecular complexity index is 600. The van der Waals surface area contributed by atoms with Crippen molar-refractivity contribution in [2.75, 3.05) is 13.1 Å². The monoisotopic (exact) mass is 326 g/mol. The van der Waals surface area contributed by atoms with Gasteiger partial charge in [-0.1, -0.05) is 6.07 Å². The van der Waals surface area contributed by atoms with Gasteiger partial charge in [0.15, 0.2) is 0 Å². The number of hydrogen-bond donors (Lipinski definition) is 3. The molecule has 1 heterocycles. The number of hydrogen-bond acceptors (Lipinski definition) is 3. The van der Waals surface area contributed by atoms with E-state index in [2.05, 4.69) is 10.6 Å². The molecule has 0 saturated heterocycles. The predicted octanol–water partition coefficient (Wildman–Crippen LogP) is 2.60. The average Bonchev–Trinajstić information content (AvgIpc) is 3.02. The summed E-state index contributed by atoms with van der Waals surface area (Å²) in [4.78, 5) is 11.6. The van der Waals surface area contributed by atoms with Gasteiger partial charge in [0.05, 0.1) is 6.10 Å². The van der Waals surface area contributed by atoms with Crippen LogP contribution < -0.4 is 10.6 Å². The quantitative estimate of drug-likeness (QED) is 0.764. The molecule has 2 amide bonds. The number of amides is 2. The smallest absolute Gasteiger partial charge is 0.314 e. The van der Waals surface area contributed by atoms with Gasteiger partial charge in [-0.05, 0) is 40.9 Å². The zero-order chi connectivity index (χ0) is 15.9. The Labute approximate surface area is 130 Å². The van der Waals surface area contributed by atoms with Crippen LogP contribution in [0.1, 0.15) is 17.2 Å². The van der Waals surface area contributed by atoms with E-state index in [9.17, 15) is 18.7 Å². The molecule has 2 rings (SSSR count). The molecule has 1 unspecified atom stereocenters. The van der Waals surface area contributed by atoms with E-state index in [1.54, 1.807) is 11.4 Å². The number of urea groups is 1. The number of carbonyl (C=O) groups excluding carboxylic acids is 1. The molecule has 2 aromatic rings. The minimum absolute atomic E-state index is 0.0545. The van der Waals surface area contributed by atoms with E-state index in [1.807, 2.05) is 5.38 Å². The lowest BCUT2D eigenvalue weighted by atomic mass is 10.1. The van der Waals surface area contributed by atoms with Gasteiger partial charge in [0.25, 0.3) is 0 Å². The molecule has 4 nitrogen and oxygen atoms in total. The second kappa shape index (κ2) is 7.86. The first-order chi connectivity index (χ1) is 10.6. The molecule has 0 radical (unpaired) electrons. The van der Waals surface area contributed by atoms with Crippen molar-refractivity contribution in [3.05, 3.63) is 57.8 Å². The first-order valence-corrected chi connectivity index (χ1v) is 7.67. The van der Waals surface area contributed by atoms with Crippen LogP contribution in [0.3, 0.4) is 0 Å². The maximum absolute atomic E-state index is 13.4. The molecular formula is C15H16F2N2O2S. The van der Waals surface area contributed by atoms with Crippen LogP contribution in [0.2, 0.25) is 0 Å². The van der Waals surface area contributed by atoms with Gasteiger partial charge in [0, 0.05) is 18.7 Å². The molecule has 0 saturated carbocycles. The Kier molecular flexibility index (Phi) is 5.85. The number of aliphatic hydroxyl groups is 1. The first kappa shape index (κ1) is 16.4. The molecule has 22 heavy (non-hydrogen) atoms. The maximum atomic E-state index is 13.4. The number of rotatable bonds is 6. The van der Waals surface area contributed by atoms with E-state index >= 15 is 0 Å². The molecule has 0 aliphatic heterocycles. The van der Waals surface area contributed by atoms with Crippen LogP contribution in [0.4, 0.5) is 13.6 Å². The van der Waals surface area contributed by atoms with E-state index in [0.717, 1.165) is 5.56 Å². The van der Waals surface area contributed by atoms with Crippen LogP contribution in [0.5, 0.6) is 0 Å². The summed E-state index contributed by atoms with van der Waals surface area (Å²) < 4.78 is 26.8. The molecule has 118 valence electrons. The Morgan fingerprint density at radius 2 is 1.95 bits per heavy atom. The molecule has 0 spiro atoms. The van der Waals surface area contributed by atoms with Crippen molar-refractivity contribution in [3.63, 3.8) is 0 Å². The molecular weight excluding hydrogens is 310 g/mol. The minimum Gasteiger partial charge on any atom is -0.387 e. The Morgan fingerprint density at radius 1 is 1.23 bits per heavy atom. The van der Waals surface area contributed by atoms with Crippen molar-refractivity contribution in [1.29, 1.82) is 0 Å². The number of aliphatic hydroxyl groups excluding tert-OH is 1. The Hall–Kier alpha value is -1.99. The van der Waals surface area contributed by atoms with Crippen molar-refractivity contribution in [3.8, 4) is 0 Å². The zero-order valence-electron chi connectivity index (χ0n) is 11.7. The third-order valence-electron chi connectivity index (χ3n) is 3.11. The fraction of sp³-hybridized carbons (Fsp3) is 0.267. The minimum atomic E-state index is -0.777. The second-order valence-electron chi connectivity index (χ2n) is 4.66. The third-order valence-corrected chi connectivity index (χ3v) is 3.81. The van der Waals surface area contributed by atoms with E-state index in [-0.39, 0.29) is 25.1 Å². The summed E-state index contributed by atoms with van der Waals surface area (Å²) in [6.07, 6.45) is -0.722. The Morgan fingerprint density at radius 3 is 2.59 bits per heavy atom. The van der Waals surface area contributed by atoms with Crippen LogP contribution in [-0.4, -0.2) is 24.2 Å². The summed E-state index contributed by atoms with van der Waals surface area (Å²) in [5.74, 6) is -1.26. The topological polar surface area (TPSA) is 61.4 Å². The molecule has 1 aromatic carbocycles. The first-order valence-electron chi connectivity index (χ1n) is 6.72. The SMILES string of the molecule is O=C(NCCc1c(F)cccc1F)NCC(O)c1ccsc1. The Balaban J connectivity index is 1.72. The van der Waals surface area contributed by atoms with E-state index < -0.39 is 23.8 Å². The number of thiophene rings is 1. The van der Waals surface area contributed by atoms with Crippen LogP contribution in [0.15, 0.2) is 35.0 Å². The lowest BCUT2D eigenvalue weighted by Crippen LogP contribution is -2.38. The number of benzene rings is 1. The van der Waals surface area contributed by atoms with Crippen molar-refractivity contribution in [2.24, 2.45) is 0 Å². The lowest BCUT2D eigenvalue weighted by molar-refractivity contribution is 0.173. The summed E-state index contributed by atoms with van der Waals surface area (Å²) in [5.41, 5.74) is 0.680. The van der Waals surface area contributed by atoms with E-state index in [1.165, 1.54) is 29.5 Å². The van der Waals surface area contributed by atoms with Gasteiger partial charge < -0.3 is 15.7 Å². The van der Waals surface area contributed by atoms with Crippen molar-refractivity contribution in [2.45, 2.75) is 12.5 Å². The summed E-state index contributed by atoms with van der Waals surface area (Å²) >= 11 is 1.46. The second-order valence-corrected chi connectivity index (χ2v) is 5.44. The van der Waals surface area contributed by atoms with Crippen molar-refractivity contribution >= 4 is 17.4 Å². The summed E-state index contributed by atoms with van der Waals surface area (Å²) in [6.45, 7) is 0.162. The fourth-order valence-electron chi connectivity index (χ4n) is 1.91. The zero-order valence-corrected chi connectivity index (χ0v) is 12.5. The van der Waals surface area contributed by atoms with Gasteiger partial charge in [-0.15, -0.1) is 0 Å². The highest BCUT2D eigenvalue weighted by molar-refractivity contribution is 7.07. The van der Waals surface area contributed by atoms with Gasteiger partial charge >= 0.3 is 6.03 Å². The largest absolute Gasteiger partial charge is 0.387 e. The predicted molar refractivity (Wildman–Crippen MR) is 80.7 cm³/mol. The van der Waals surface area contributed by atoms with Gasteiger partial charge in [0.2, 0.25) is 0 Å². The van der Waals surface area contributed by atoms with Crippen LogP contribution in [-0.2, 0) is 6.42 Å². The standard InChI is InChI=1S/C15H16F2N2O2S/c16-12-2-1-3-13(17)11(12)4-6-18-15(21)19-8-14(20)10-5-7-22-9-10/h1-3,5,7,9,14,20H,4,6,8H2,(H2,18,19,21). The highest BCUT2D eigenvalue weighted by atomic mass is 32.1. The normalized spacial score (nSPS) is 12.0. The highest BCUT2D eigenvalue weighted by Crippen LogP contribution is 2.15. The van der Waals surface area contributed by atoms with Crippen molar-refractivity contribution < 1.29 is 18.7 Å². The summed E-state index contributed by atoms with van der Waals surface area (Å²) in [5, 5.41) is 18.4. The molecule has 0 bridgehead atoms. The third kappa shape index (κ3) is 4.51. The highest BCUT2D eigenvalue weighted by Gasteiger charge is 2.11. The summed E-state index contributed by atoms with van der Waals surface area (Å²) in [6, 6.07) is 4.92. The van der Waals surface area contributed by atoms with Crippen LogP contribution in [0.25, 0.3) is 0 Å². The van der Waals surface area contributed by atoms with Gasteiger partial charge in [-0.25, -0.2) is 13.6 Å². The molecule has 0 aliphatic rings. The molecule has 1 atom stereocenters. The average molecular weight is 326 g/mol. The van der Waals surface area contributed by atoms with E-state index in [4.69, 9.17) is 0 Å². The number of carbonyl (C=O) groups is 1.